The molecule has 5 nitrogen and oxygen atoms in total. The van der Waals surface area contributed by atoms with Gasteiger partial charge in [0.25, 0.3) is 0 Å². The summed E-state index contributed by atoms with van der Waals surface area (Å²) < 4.78 is 0. The third-order valence-corrected chi connectivity index (χ3v) is 2.63. The van der Waals surface area contributed by atoms with Crippen molar-refractivity contribution in [3.8, 4) is 0 Å². The van der Waals surface area contributed by atoms with Crippen molar-refractivity contribution >= 4 is 17.3 Å². The topological polar surface area (TPSA) is 75.9 Å². The highest BCUT2D eigenvalue weighted by Crippen LogP contribution is 2.26. The number of anilines is 3. The summed E-state index contributed by atoms with van der Waals surface area (Å²) in [6.45, 7) is 4.31. The summed E-state index contributed by atoms with van der Waals surface area (Å²) in [5.74, 6) is 6.95. The molecule has 4 N–H and O–H groups in total. The molecule has 0 saturated heterocycles. The van der Waals surface area contributed by atoms with Crippen molar-refractivity contribution in [3.05, 3.63) is 42.2 Å². The van der Waals surface area contributed by atoms with Gasteiger partial charge in [0.2, 0.25) is 0 Å². The van der Waals surface area contributed by atoms with Gasteiger partial charge in [-0.3, -0.25) is 4.98 Å². The van der Waals surface area contributed by atoms with Gasteiger partial charge in [0.05, 0.1) is 12.4 Å². The van der Waals surface area contributed by atoms with E-state index < -0.39 is 0 Å². The molecule has 0 spiro atoms. The van der Waals surface area contributed by atoms with E-state index in [4.69, 9.17) is 5.84 Å². The van der Waals surface area contributed by atoms with E-state index in [-0.39, 0.29) is 0 Å². The normalized spacial score (nSPS) is 10.4. The van der Waals surface area contributed by atoms with Crippen LogP contribution in [0.2, 0.25) is 0 Å². The molecule has 94 valence electrons. The number of nitrogens with two attached hydrogens (primary N) is 1. The van der Waals surface area contributed by atoms with Crippen LogP contribution in [0.25, 0.3) is 0 Å². The van der Waals surface area contributed by atoms with E-state index in [0.717, 1.165) is 5.69 Å². The maximum absolute atomic E-state index is 5.31. The third kappa shape index (κ3) is 2.75. The Morgan fingerprint density at radius 1 is 1.11 bits per heavy atom. The molecule has 2 aromatic rings. The fraction of sp³-hybridized carbons (Fsp3) is 0.231. The largest absolute Gasteiger partial charge is 0.339 e. The Kier molecular flexibility index (Phi) is 3.74. The van der Waals surface area contributed by atoms with Crippen LogP contribution in [-0.4, -0.2) is 9.97 Å². The molecule has 5 heteroatoms. The maximum atomic E-state index is 5.31. The summed E-state index contributed by atoms with van der Waals surface area (Å²) in [6.07, 6.45) is 3.23. The molecular weight excluding hydrogens is 226 g/mol. The number of benzene rings is 1. The zero-order valence-electron chi connectivity index (χ0n) is 10.5. The van der Waals surface area contributed by atoms with E-state index in [1.54, 1.807) is 12.4 Å². The maximum Gasteiger partial charge on any atom is 0.160 e. The first-order chi connectivity index (χ1) is 8.70. The highest BCUT2D eigenvalue weighted by Gasteiger charge is 2.06. The monoisotopic (exact) mass is 243 g/mol. The Labute approximate surface area is 106 Å². The number of nitrogens with zero attached hydrogens (tertiary/aromatic N) is 2. The van der Waals surface area contributed by atoms with Crippen molar-refractivity contribution in [3.63, 3.8) is 0 Å². The number of nitrogens with one attached hydrogen (secondary N) is 2. The first-order valence-electron chi connectivity index (χ1n) is 5.85. The van der Waals surface area contributed by atoms with Crippen LogP contribution in [0.5, 0.6) is 0 Å². The average molecular weight is 243 g/mol. The van der Waals surface area contributed by atoms with E-state index in [9.17, 15) is 0 Å². The zero-order chi connectivity index (χ0) is 13.0. The van der Waals surface area contributed by atoms with Crippen molar-refractivity contribution < 1.29 is 0 Å². The molecule has 0 unspecified atom stereocenters. The van der Waals surface area contributed by atoms with Crippen LogP contribution in [0, 0.1) is 0 Å². The molecule has 0 bridgehead atoms. The van der Waals surface area contributed by atoms with Gasteiger partial charge in [-0.15, -0.1) is 0 Å². The second-order valence-electron chi connectivity index (χ2n) is 4.30. The summed E-state index contributed by atoms with van der Waals surface area (Å²) in [4.78, 5) is 8.34. The molecule has 1 aromatic carbocycles. The molecule has 2 rings (SSSR count). The number of para-hydroxylation sites is 1. The molecule has 1 heterocycles. The predicted molar refractivity (Wildman–Crippen MR) is 73.7 cm³/mol. The fourth-order valence-corrected chi connectivity index (χ4v) is 1.75. The lowest BCUT2D eigenvalue weighted by atomic mass is 10.0. The number of hydrazine groups is 1. The highest BCUT2D eigenvalue weighted by molar-refractivity contribution is 5.61. The first-order valence-corrected chi connectivity index (χ1v) is 5.85. The molecule has 0 aliphatic heterocycles. The zero-order valence-corrected chi connectivity index (χ0v) is 10.5. The molecule has 0 fully saturated rings. The van der Waals surface area contributed by atoms with Crippen molar-refractivity contribution in [2.45, 2.75) is 19.8 Å². The first kappa shape index (κ1) is 12.3. The number of hydrogen-bond acceptors (Lipinski definition) is 5. The summed E-state index contributed by atoms with van der Waals surface area (Å²) >= 11 is 0. The van der Waals surface area contributed by atoms with Crippen LogP contribution in [-0.2, 0) is 0 Å². The lowest BCUT2D eigenvalue weighted by Crippen LogP contribution is -2.09. The SMILES string of the molecule is CC(C)c1ccccc1Nc1cncc(NN)n1. The lowest BCUT2D eigenvalue weighted by molar-refractivity contribution is 0.869. The van der Waals surface area contributed by atoms with E-state index in [1.165, 1.54) is 5.56 Å². The molecule has 0 aliphatic carbocycles. The summed E-state index contributed by atoms with van der Waals surface area (Å²) in [6, 6.07) is 8.15. The molecule has 0 saturated carbocycles. The van der Waals surface area contributed by atoms with Crippen LogP contribution in [0.15, 0.2) is 36.7 Å². The lowest BCUT2D eigenvalue weighted by Gasteiger charge is -2.14. The number of aromatic nitrogens is 2. The quantitative estimate of drug-likeness (QED) is 0.568. The van der Waals surface area contributed by atoms with Crippen LogP contribution in [0.1, 0.15) is 25.3 Å². The number of rotatable bonds is 4. The number of nitrogen functional groups attached to an aromatic ring is 1. The molecule has 0 radical (unpaired) electrons. The second-order valence-corrected chi connectivity index (χ2v) is 4.30. The Balaban J connectivity index is 2.28. The minimum atomic E-state index is 0.442. The van der Waals surface area contributed by atoms with E-state index in [0.29, 0.717) is 17.6 Å². The Morgan fingerprint density at radius 2 is 1.83 bits per heavy atom. The van der Waals surface area contributed by atoms with E-state index >= 15 is 0 Å². The summed E-state index contributed by atoms with van der Waals surface area (Å²) in [5.41, 5.74) is 4.76. The standard InChI is InChI=1S/C13H17N5/c1-9(2)10-5-3-4-6-11(10)16-12-7-15-8-13(17-12)18-14/h3-9H,14H2,1-2H3,(H2,16,17,18). The Bertz CT molecular complexity index is 524. The highest BCUT2D eigenvalue weighted by atomic mass is 15.3. The third-order valence-electron chi connectivity index (χ3n) is 2.63. The molecular formula is C13H17N5. The van der Waals surface area contributed by atoms with Crippen molar-refractivity contribution in [1.82, 2.24) is 9.97 Å². The Hall–Kier alpha value is -2.14. The van der Waals surface area contributed by atoms with Crippen molar-refractivity contribution in [2.75, 3.05) is 10.7 Å². The van der Waals surface area contributed by atoms with E-state index in [2.05, 4.69) is 40.6 Å². The molecule has 1 aromatic heterocycles. The van der Waals surface area contributed by atoms with Gasteiger partial charge in [-0.1, -0.05) is 32.0 Å². The van der Waals surface area contributed by atoms with Crippen LogP contribution in [0.3, 0.4) is 0 Å². The molecule has 0 aliphatic rings. The van der Waals surface area contributed by atoms with Gasteiger partial charge >= 0.3 is 0 Å². The smallest absolute Gasteiger partial charge is 0.160 e. The fourth-order valence-electron chi connectivity index (χ4n) is 1.75. The van der Waals surface area contributed by atoms with Gasteiger partial charge in [0.15, 0.2) is 11.6 Å². The predicted octanol–water partition coefficient (Wildman–Crippen LogP) is 2.63. The van der Waals surface area contributed by atoms with Gasteiger partial charge < -0.3 is 10.7 Å². The van der Waals surface area contributed by atoms with Gasteiger partial charge in [0.1, 0.15) is 0 Å². The minimum absolute atomic E-state index is 0.442. The number of hydrogen-bond donors (Lipinski definition) is 3. The molecule has 0 amide bonds. The van der Waals surface area contributed by atoms with E-state index in [1.807, 2.05) is 18.2 Å². The molecule has 18 heavy (non-hydrogen) atoms. The van der Waals surface area contributed by atoms with Gasteiger partial charge in [-0.25, -0.2) is 10.8 Å². The molecule has 0 atom stereocenters. The summed E-state index contributed by atoms with van der Waals surface area (Å²) in [7, 11) is 0. The second kappa shape index (κ2) is 5.46. The van der Waals surface area contributed by atoms with Crippen molar-refractivity contribution in [1.29, 1.82) is 0 Å². The van der Waals surface area contributed by atoms with Gasteiger partial charge in [-0.05, 0) is 17.5 Å². The van der Waals surface area contributed by atoms with Crippen LogP contribution < -0.4 is 16.6 Å². The summed E-state index contributed by atoms with van der Waals surface area (Å²) in [5, 5.41) is 3.26. The van der Waals surface area contributed by atoms with Gasteiger partial charge in [-0.2, -0.15) is 0 Å². The van der Waals surface area contributed by atoms with Crippen LogP contribution in [0.4, 0.5) is 17.3 Å². The van der Waals surface area contributed by atoms with Crippen molar-refractivity contribution in [2.24, 2.45) is 5.84 Å². The average Bonchev–Trinajstić information content (AvgIpc) is 2.39. The van der Waals surface area contributed by atoms with Gasteiger partial charge in [0, 0.05) is 5.69 Å². The van der Waals surface area contributed by atoms with Crippen LogP contribution >= 0.6 is 0 Å². The Morgan fingerprint density at radius 3 is 2.56 bits per heavy atom. The minimum Gasteiger partial charge on any atom is -0.339 e.